The van der Waals surface area contributed by atoms with Crippen LogP contribution in [0, 0.1) is 0 Å². The lowest BCUT2D eigenvalue weighted by Crippen LogP contribution is -2.40. The molecule has 0 radical (unpaired) electrons. The number of aliphatic carboxylic acids is 1. The fraction of sp³-hybridized carbons (Fsp3) is 0.190. The molecule has 0 fully saturated rings. The summed E-state index contributed by atoms with van der Waals surface area (Å²) in [5, 5.41) is 9.17. The first-order chi connectivity index (χ1) is 14.1. The first kappa shape index (κ1) is 21.6. The molecule has 0 bridgehead atoms. The van der Waals surface area contributed by atoms with E-state index in [1.807, 2.05) is 19.1 Å². The maximum Gasteiger partial charge on any atom is 0.430 e. The van der Waals surface area contributed by atoms with Crippen molar-refractivity contribution in [1.29, 1.82) is 0 Å². The zero-order chi connectivity index (χ0) is 22.1. The summed E-state index contributed by atoms with van der Waals surface area (Å²) in [6.45, 7) is 1.86. The first-order valence-corrected chi connectivity index (χ1v) is 9.02. The second kappa shape index (κ2) is 8.31. The molecule has 5 nitrogen and oxygen atoms in total. The predicted octanol–water partition coefficient (Wildman–Crippen LogP) is 5.97. The third-order valence-electron chi connectivity index (χ3n) is 4.21. The van der Waals surface area contributed by atoms with Crippen LogP contribution in [0.15, 0.2) is 42.0 Å². The number of allylic oxidation sites excluding steroid dienone is 1. The predicted molar refractivity (Wildman–Crippen MR) is 105 cm³/mol. The average molecular weight is 441 g/mol. The highest BCUT2D eigenvalue weighted by Gasteiger charge is 2.48. The molecule has 0 spiro atoms. The molecular weight excluding hydrogens is 425 g/mol. The molecule has 1 aliphatic rings. The second-order valence-electron chi connectivity index (χ2n) is 6.28. The Morgan fingerprint density at radius 2 is 1.93 bits per heavy atom. The highest BCUT2D eigenvalue weighted by Crippen LogP contribution is 2.43. The molecule has 2 aromatic carbocycles. The minimum Gasteiger partial charge on any atom is -0.493 e. The van der Waals surface area contributed by atoms with Gasteiger partial charge in [-0.25, -0.2) is 4.79 Å². The molecule has 1 atom stereocenters. The lowest BCUT2D eigenvalue weighted by Gasteiger charge is -2.27. The van der Waals surface area contributed by atoms with Gasteiger partial charge in [-0.05, 0) is 36.8 Å². The zero-order valence-corrected chi connectivity index (χ0v) is 16.5. The van der Waals surface area contributed by atoms with E-state index in [1.165, 1.54) is 19.2 Å². The Hall–Kier alpha value is -3.13. The van der Waals surface area contributed by atoms with Gasteiger partial charge in [-0.2, -0.15) is 13.2 Å². The standard InChI is InChI=1S/C21H16ClF3O5/c1-3-4-11-5-6-15(18(7-11)28-2)29-17-10-16-12(9-14(17)22)8-13(20(26)27)19(30-16)21(23,24)25/h3-10,19H,1-2H3,(H,26,27). The molecule has 0 aromatic heterocycles. The van der Waals surface area contributed by atoms with Crippen molar-refractivity contribution in [3.63, 3.8) is 0 Å². The zero-order valence-electron chi connectivity index (χ0n) is 15.8. The van der Waals surface area contributed by atoms with Crippen molar-refractivity contribution in [3.05, 3.63) is 58.1 Å². The van der Waals surface area contributed by atoms with Gasteiger partial charge >= 0.3 is 12.1 Å². The van der Waals surface area contributed by atoms with Crippen molar-refractivity contribution in [3.8, 4) is 23.0 Å². The molecule has 0 amide bonds. The second-order valence-corrected chi connectivity index (χ2v) is 6.68. The summed E-state index contributed by atoms with van der Waals surface area (Å²) in [5.74, 6) is -1.23. The number of benzene rings is 2. The Kier molecular flexibility index (Phi) is 5.98. The SMILES string of the molecule is CC=Cc1ccc(Oc2cc3c(cc2Cl)C=C(C(=O)O)C(C(F)(F)F)O3)c(OC)c1. The Morgan fingerprint density at radius 1 is 1.20 bits per heavy atom. The number of ether oxygens (including phenoxy) is 3. The number of rotatable bonds is 5. The van der Waals surface area contributed by atoms with Crippen molar-refractivity contribution < 1.29 is 37.3 Å². The van der Waals surface area contributed by atoms with Crippen molar-refractivity contribution in [2.75, 3.05) is 7.11 Å². The average Bonchev–Trinajstić information content (AvgIpc) is 2.68. The first-order valence-electron chi connectivity index (χ1n) is 8.64. The van der Waals surface area contributed by atoms with Crippen LogP contribution < -0.4 is 14.2 Å². The van der Waals surface area contributed by atoms with Gasteiger partial charge in [0, 0.05) is 11.6 Å². The van der Waals surface area contributed by atoms with Crippen molar-refractivity contribution in [2.45, 2.75) is 19.2 Å². The van der Waals surface area contributed by atoms with E-state index in [9.17, 15) is 18.0 Å². The largest absolute Gasteiger partial charge is 0.493 e. The lowest BCUT2D eigenvalue weighted by molar-refractivity contribution is -0.187. The van der Waals surface area contributed by atoms with Gasteiger partial charge in [0.05, 0.1) is 17.7 Å². The minimum atomic E-state index is -4.91. The van der Waals surface area contributed by atoms with Gasteiger partial charge in [0.25, 0.3) is 0 Å². The van der Waals surface area contributed by atoms with Gasteiger partial charge in [0.1, 0.15) is 11.5 Å². The molecule has 0 saturated carbocycles. The molecule has 1 N–H and O–H groups in total. The molecule has 9 heteroatoms. The van der Waals surface area contributed by atoms with Crippen LogP contribution in [-0.4, -0.2) is 30.5 Å². The molecule has 158 valence electrons. The third-order valence-corrected chi connectivity index (χ3v) is 4.51. The van der Waals surface area contributed by atoms with Crippen LogP contribution in [-0.2, 0) is 4.79 Å². The van der Waals surface area contributed by atoms with Crippen LogP contribution in [0.3, 0.4) is 0 Å². The van der Waals surface area contributed by atoms with E-state index in [0.717, 1.165) is 11.6 Å². The molecule has 1 aliphatic heterocycles. The third kappa shape index (κ3) is 4.38. The number of methoxy groups -OCH3 is 1. The fourth-order valence-corrected chi connectivity index (χ4v) is 3.09. The van der Waals surface area contributed by atoms with Crippen LogP contribution in [0.25, 0.3) is 12.2 Å². The van der Waals surface area contributed by atoms with Gasteiger partial charge in [-0.3, -0.25) is 0 Å². The molecule has 0 aliphatic carbocycles. The normalized spacial score (nSPS) is 15.9. The number of carboxylic acids is 1. The lowest BCUT2D eigenvalue weighted by atomic mass is 10.0. The summed E-state index contributed by atoms with van der Waals surface area (Å²) in [7, 11) is 1.45. The van der Waals surface area contributed by atoms with E-state index in [-0.39, 0.29) is 27.8 Å². The molecule has 3 rings (SSSR count). The quantitative estimate of drug-likeness (QED) is 0.621. The van der Waals surface area contributed by atoms with Crippen molar-refractivity contribution >= 4 is 29.7 Å². The number of halogens is 4. The van der Waals surface area contributed by atoms with E-state index in [2.05, 4.69) is 0 Å². The topological polar surface area (TPSA) is 65.0 Å². The smallest absolute Gasteiger partial charge is 0.430 e. The molecule has 30 heavy (non-hydrogen) atoms. The summed E-state index contributed by atoms with van der Waals surface area (Å²) in [6, 6.07) is 7.58. The molecular formula is C21H16ClF3O5. The van der Waals surface area contributed by atoms with Crippen molar-refractivity contribution in [2.24, 2.45) is 0 Å². The Morgan fingerprint density at radius 3 is 2.53 bits per heavy atom. The maximum absolute atomic E-state index is 13.3. The van der Waals surface area contributed by atoms with E-state index in [1.54, 1.807) is 18.2 Å². The van der Waals surface area contributed by atoms with Crippen LogP contribution in [0.1, 0.15) is 18.1 Å². The Balaban J connectivity index is 2.00. The van der Waals surface area contributed by atoms with E-state index >= 15 is 0 Å². The van der Waals surface area contributed by atoms with E-state index in [4.69, 9.17) is 30.9 Å². The minimum absolute atomic E-state index is 0.0283. The summed E-state index contributed by atoms with van der Waals surface area (Å²) in [4.78, 5) is 11.2. The summed E-state index contributed by atoms with van der Waals surface area (Å²) in [5.41, 5.74) is 0.0301. The number of carboxylic acid groups (broad SMARTS) is 1. The number of hydrogen-bond donors (Lipinski definition) is 1. The van der Waals surface area contributed by atoms with Gasteiger partial charge in [0.15, 0.2) is 11.5 Å². The highest BCUT2D eigenvalue weighted by molar-refractivity contribution is 6.32. The molecule has 1 heterocycles. The summed E-state index contributed by atoms with van der Waals surface area (Å²) >= 11 is 6.21. The Labute approximate surface area is 174 Å². The van der Waals surface area contributed by atoms with E-state index in [0.29, 0.717) is 5.75 Å². The Bertz CT molecular complexity index is 1040. The van der Waals surface area contributed by atoms with Crippen LogP contribution in [0.5, 0.6) is 23.0 Å². The number of fused-ring (bicyclic) bond motifs is 1. The maximum atomic E-state index is 13.3. The van der Waals surface area contributed by atoms with Gasteiger partial charge in [0.2, 0.25) is 6.10 Å². The molecule has 2 aromatic rings. The summed E-state index contributed by atoms with van der Waals surface area (Å²) in [6.07, 6.45) is -2.92. The van der Waals surface area contributed by atoms with Crippen LogP contribution in [0.4, 0.5) is 13.2 Å². The molecule has 0 saturated heterocycles. The van der Waals surface area contributed by atoms with Crippen LogP contribution in [0.2, 0.25) is 5.02 Å². The highest BCUT2D eigenvalue weighted by atomic mass is 35.5. The number of hydrogen-bond acceptors (Lipinski definition) is 4. The van der Waals surface area contributed by atoms with Gasteiger partial charge in [-0.1, -0.05) is 29.8 Å². The van der Waals surface area contributed by atoms with Gasteiger partial charge in [-0.15, -0.1) is 0 Å². The number of alkyl halides is 3. The van der Waals surface area contributed by atoms with E-state index < -0.39 is 23.8 Å². The van der Waals surface area contributed by atoms with Crippen molar-refractivity contribution in [1.82, 2.24) is 0 Å². The fourth-order valence-electron chi connectivity index (χ4n) is 2.88. The summed E-state index contributed by atoms with van der Waals surface area (Å²) < 4.78 is 55.8. The number of carbonyl (C=O) groups is 1. The van der Waals surface area contributed by atoms with Crippen LogP contribution >= 0.6 is 11.6 Å². The van der Waals surface area contributed by atoms with Gasteiger partial charge < -0.3 is 19.3 Å². The monoisotopic (exact) mass is 440 g/mol. The molecule has 1 unspecified atom stereocenters.